The molecule has 5 aromatic carbocycles. The molecule has 0 amide bonds. The second-order valence-corrected chi connectivity index (χ2v) is 17.2. The number of pyridine rings is 2. The van der Waals surface area contributed by atoms with Gasteiger partial charge in [0.05, 0.1) is 0 Å². The minimum absolute atomic E-state index is 0. The van der Waals surface area contributed by atoms with Crippen LogP contribution in [0.5, 0.6) is 0 Å². The quantitative estimate of drug-likeness (QED) is 0.161. The molecule has 0 atom stereocenters. The number of aryl methyl sites for hydroxylation is 4. The Hall–Kier alpha value is -5.15. The van der Waals surface area contributed by atoms with Crippen LogP contribution in [0.2, 0.25) is 0 Å². The van der Waals surface area contributed by atoms with Crippen molar-refractivity contribution in [1.82, 2.24) is 9.97 Å². The van der Waals surface area contributed by atoms with Gasteiger partial charge in [0, 0.05) is 40.7 Å². The number of hydrogen-bond acceptors (Lipinski definition) is 3. The van der Waals surface area contributed by atoms with Crippen molar-refractivity contribution in [3.05, 3.63) is 167 Å². The summed E-state index contributed by atoms with van der Waals surface area (Å²) in [6.45, 7) is 1.05. The zero-order valence-corrected chi connectivity index (χ0v) is 36.8. The molecule has 1 aliphatic rings. The second kappa shape index (κ2) is 17.4. The van der Waals surface area contributed by atoms with Crippen LogP contribution >= 0.6 is 0 Å². The number of benzene rings is 5. The Morgan fingerprint density at radius 1 is 0.733 bits per heavy atom. The first kappa shape index (κ1) is 29.2. The number of furan rings is 1. The summed E-state index contributed by atoms with van der Waals surface area (Å²) in [6.07, 6.45) is 4.69. The molecule has 0 bridgehead atoms. The molecule has 4 heteroatoms. The number of hydrogen-bond donors (Lipinski definition) is 0. The molecule has 1 fully saturated rings. The Balaban J connectivity index is 0.000000245. The third kappa shape index (κ3) is 9.11. The molecular weight excluding hydrogens is 909 g/mol. The third-order valence-corrected chi connectivity index (χ3v) is 11.4. The van der Waals surface area contributed by atoms with Crippen LogP contribution in [-0.4, -0.2) is 9.97 Å². The van der Waals surface area contributed by atoms with Crippen LogP contribution in [0, 0.1) is 51.0 Å². The summed E-state index contributed by atoms with van der Waals surface area (Å²) in [7, 11) is 0. The Labute approximate surface area is 389 Å². The topological polar surface area (TPSA) is 38.9 Å². The van der Waals surface area contributed by atoms with Crippen LogP contribution in [-0.2, 0) is 25.5 Å². The molecule has 8 aromatic rings. The zero-order valence-electron chi connectivity index (χ0n) is 47.4. The molecule has 0 saturated heterocycles. The van der Waals surface area contributed by atoms with Gasteiger partial charge in [-0.15, -0.1) is 46.5 Å². The Morgan fingerprint density at radius 2 is 1.47 bits per heavy atom. The first-order chi connectivity index (χ1) is 33.4. The molecule has 9 rings (SSSR count). The van der Waals surface area contributed by atoms with E-state index in [0.29, 0.717) is 57.0 Å². The van der Waals surface area contributed by atoms with E-state index >= 15 is 0 Å². The van der Waals surface area contributed by atoms with Crippen molar-refractivity contribution >= 4 is 22.1 Å². The average Bonchev–Trinajstić information content (AvgIpc) is 3.70. The van der Waals surface area contributed by atoms with Crippen molar-refractivity contribution in [1.29, 1.82) is 0 Å². The molecule has 0 aliphatic heterocycles. The largest absolute Gasteiger partial charge is 3.00 e. The summed E-state index contributed by atoms with van der Waals surface area (Å²) in [5, 5.41) is 1.26. The normalized spacial score (nSPS) is 18.6. The van der Waals surface area contributed by atoms with Gasteiger partial charge in [-0.25, -0.2) is 10.5 Å². The molecule has 3 aromatic heterocycles. The summed E-state index contributed by atoms with van der Waals surface area (Å²) >= 11 is 0. The monoisotopic (exact) mass is 977 g/mol. The van der Waals surface area contributed by atoms with Crippen LogP contribution < -0.4 is 0 Å². The molecule has 0 spiro atoms. The summed E-state index contributed by atoms with van der Waals surface area (Å²) in [5.41, 5.74) is 7.01. The summed E-state index contributed by atoms with van der Waals surface area (Å²) < 4.78 is 112. The zero-order chi connectivity index (χ0) is 52.4. The summed E-state index contributed by atoms with van der Waals surface area (Å²) in [6, 6.07) is 40.8. The van der Waals surface area contributed by atoms with Crippen molar-refractivity contribution in [2.75, 3.05) is 0 Å². The van der Waals surface area contributed by atoms with E-state index in [-0.39, 0.29) is 64.6 Å². The van der Waals surface area contributed by atoms with Crippen LogP contribution in [0.25, 0.3) is 66.7 Å². The first-order valence-electron chi connectivity index (χ1n) is 26.5. The standard InChI is InChI=1S/C34H33NO.C22H22N.Ir/c1-21-9-11-26(28-7-6-8-29-30-13-10-23(3)35-33(30)36-32(28)29)20-31(21)27-14-12-25(19-22(27)2)24-15-17-34(4,5)18-16-24;1-16-10-11-18(14-20(16)17-8-6-5-7-9-17)21-15-19(12-13-23-21)22(2,3)4;/h6,8-10,12-14,19-20,24H,15-18H2,1-5H3;5-10,12-15H,1-4H3;/q-2;-1;+3/i1D3,2D3,3D3,24D;1D3;. The Morgan fingerprint density at radius 3 is 2.20 bits per heavy atom. The number of aromatic nitrogens is 2. The smallest absolute Gasteiger partial charge is 0.496 e. The van der Waals surface area contributed by atoms with Gasteiger partial charge in [-0.3, -0.25) is 0 Å². The van der Waals surface area contributed by atoms with Crippen molar-refractivity contribution in [2.24, 2.45) is 5.41 Å². The van der Waals surface area contributed by atoms with Crippen molar-refractivity contribution < 1.29 is 42.3 Å². The van der Waals surface area contributed by atoms with Crippen molar-refractivity contribution in [2.45, 2.75) is 99.0 Å². The van der Waals surface area contributed by atoms with Crippen LogP contribution in [0.15, 0.2) is 120 Å². The SMILES string of the molecule is [2H]C([2H])([2H])c1c[c-]c(-c2cc(C(C)(C)C)ccn2)cc1-c1ccccc1.[2H]C([2H])([2H])c1ccc2c(n1)oc1c(-c3[c-]cc(C([2H])([2H])[2H])c(-c4ccc(C5([2H])CCC(C)(C)CC5)cc4C([2H])([2H])[2H])c3)[c-]ccc12.[Ir+3]. The molecule has 0 N–H and O–H groups in total. The molecule has 304 valence electrons. The van der Waals surface area contributed by atoms with E-state index in [4.69, 9.17) is 20.9 Å². The van der Waals surface area contributed by atoms with Gasteiger partial charge < -0.3 is 9.40 Å². The van der Waals surface area contributed by atoms with Crippen molar-refractivity contribution in [3.8, 4) is 44.6 Å². The molecule has 0 radical (unpaired) electrons. The molecule has 1 aliphatic carbocycles. The van der Waals surface area contributed by atoms with E-state index < -0.39 is 33.3 Å². The minimum Gasteiger partial charge on any atom is -0.496 e. The molecular formula is C56H55IrN2O. The van der Waals surface area contributed by atoms with Gasteiger partial charge in [0.25, 0.3) is 0 Å². The maximum atomic E-state index is 9.24. The number of nitrogens with zero attached hydrogens (tertiary/aromatic N) is 2. The van der Waals surface area contributed by atoms with Crippen LogP contribution in [0.4, 0.5) is 0 Å². The fourth-order valence-electron chi connectivity index (χ4n) is 7.74. The van der Waals surface area contributed by atoms with E-state index in [1.807, 2.05) is 42.5 Å². The molecule has 1 saturated carbocycles. The third-order valence-electron chi connectivity index (χ3n) is 11.4. The van der Waals surface area contributed by atoms with Crippen LogP contribution in [0.1, 0.15) is 118 Å². The summed E-state index contributed by atoms with van der Waals surface area (Å²) in [5.74, 6) is -0.935. The Kier molecular flexibility index (Phi) is 8.48. The predicted molar refractivity (Wildman–Crippen MR) is 247 cm³/mol. The van der Waals surface area contributed by atoms with Gasteiger partial charge >= 0.3 is 20.1 Å². The number of rotatable bonds is 5. The molecule has 0 unspecified atom stereocenters. The number of fused-ring (bicyclic) bond motifs is 3. The predicted octanol–water partition coefficient (Wildman–Crippen LogP) is 15.3. The van der Waals surface area contributed by atoms with Gasteiger partial charge in [-0.05, 0) is 108 Å². The van der Waals surface area contributed by atoms with E-state index in [2.05, 4.69) is 68.9 Å². The first-order valence-corrected chi connectivity index (χ1v) is 20.0. The van der Waals surface area contributed by atoms with E-state index in [1.54, 1.807) is 54.7 Å². The maximum absolute atomic E-state index is 9.24. The molecule has 60 heavy (non-hydrogen) atoms. The summed E-state index contributed by atoms with van der Waals surface area (Å²) in [4.78, 5) is 8.70. The van der Waals surface area contributed by atoms with E-state index in [0.717, 1.165) is 29.7 Å². The van der Waals surface area contributed by atoms with Gasteiger partial charge in [-0.1, -0.05) is 114 Å². The van der Waals surface area contributed by atoms with Gasteiger partial charge in [0.2, 0.25) is 5.71 Å². The second-order valence-electron chi connectivity index (χ2n) is 17.2. The van der Waals surface area contributed by atoms with E-state index in [1.165, 1.54) is 17.7 Å². The fourth-order valence-corrected chi connectivity index (χ4v) is 7.74. The molecule has 3 heterocycles. The Bertz CT molecular complexity index is 3280. The molecule has 3 nitrogen and oxygen atoms in total. The van der Waals surface area contributed by atoms with Gasteiger partial charge in [0.1, 0.15) is 0 Å². The van der Waals surface area contributed by atoms with Gasteiger partial charge in [-0.2, -0.15) is 35.9 Å². The minimum atomic E-state index is -2.58. The average molecular weight is 977 g/mol. The van der Waals surface area contributed by atoms with Crippen LogP contribution in [0.3, 0.4) is 0 Å². The van der Waals surface area contributed by atoms with E-state index in [9.17, 15) is 1.37 Å². The fraction of sp³-hybridized carbons (Fsp3) is 0.286. The van der Waals surface area contributed by atoms with Gasteiger partial charge in [0.15, 0.2) is 0 Å². The maximum Gasteiger partial charge on any atom is 3.00 e. The van der Waals surface area contributed by atoms with Crippen molar-refractivity contribution in [3.63, 3.8) is 0 Å².